The summed E-state index contributed by atoms with van der Waals surface area (Å²) in [6, 6.07) is 5.64. The van der Waals surface area contributed by atoms with Crippen molar-refractivity contribution >= 4 is 23.6 Å². The zero-order valence-corrected chi connectivity index (χ0v) is 9.77. The van der Waals surface area contributed by atoms with Gasteiger partial charge in [0.05, 0.1) is 13.5 Å². The zero-order valence-electron chi connectivity index (χ0n) is 9.77. The molecule has 0 aromatic heterocycles. The second kappa shape index (κ2) is 4.41. The van der Waals surface area contributed by atoms with Crippen LogP contribution in [0.25, 0.3) is 6.08 Å². The number of esters is 1. The molecule has 4 nitrogen and oxygen atoms in total. The number of likely N-dealkylation sites (N-methyl/N-ethyl adjacent to an activating group) is 1. The lowest BCUT2D eigenvalue weighted by Crippen LogP contribution is -2.20. The van der Waals surface area contributed by atoms with Crippen LogP contribution in [0.4, 0.5) is 5.69 Å². The van der Waals surface area contributed by atoms with E-state index in [4.69, 9.17) is 0 Å². The van der Waals surface area contributed by atoms with Crippen LogP contribution in [0.15, 0.2) is 24.3 Å². The second-order valence-electron chi connectivity index (χ2n) is 3.83. The highest BCUT2D eigenvalue weighted by atomic mass is 16.5. The fourth-order valence-electron chi connectivity index (χ4n) is 1.89. The van der Waals surface area contributed by atoms with E-state index in [-0.39, 0.29) is 5.91 Å². The number of benzene rings is 1. The van der Waals surface area contributed by atoms with Crippen molar-refractivity contribution in [2.75, 3.05) is 19.1 Å². The van der Waals surface area contributed by atoms with E-state index < -0.39 is 5.97 Å². The van der Waals surface area contributed by atoms with Crippen molar-refractivity contribution in [3.05, 3.63) is 35.4 Å². The maximum Gasteiger partial charge on any atom is 0.330 e. The Morgan fingerprint density at radius 3 is 2.94 bits per heavy atom. The lowest BCUT2D eigenvalue weighted by molar-refractivity contribution is -0.134. The molecule has 17 heavy (non-hydrogen) atoms. The molecule has 0 radical (unpaired) electrons. The van der Waals surface area contributed by atoms with E-state index in [0.29, 0.717) is 6.42 Å². The number of amides is 1. The first-order valence-corrected chi connectivity index (χ1v) is 5.28. The van der Waals surface area contributed by atoms with Gasteiger partial charge >= 0.3 is 5.97 Å². The SMILES string of the molecule is COC(=O)/C=C/c1cccc2c1CC(=O)N2C. The van der Waals surface area contributed by atoms with Crippen LogP contribution in [0.2, 0.25) is 0 Å². The van der Waals surface area contributed by atoms with Crippen LogP contribution in [0.5, 0.6) is 0 Å². The van der Waals surface area contributed by atoms with Gasteiger partial charge in [-0.15, -0.1) is 0 Å². The van der Waals surface area contributed by atoms with Crippen LogP contribution in [0.1, 0.15) is 11.1 Å². The van der Waals surface area contributed by atoms with Gasteiger partial charge < -0.3 is 9.64 Å². The van der Waals surface area contributed by atoms with Crippen LogP contribution < -0.4 is 4.90 Å². The van der Waals surface area contributed by atoms with E-state index >= 15 is 0 Å². The minimum absolute atomic E-state index is 0.0684. The van der Waals surface area contributed by atoms with Gasteiger partial charge in [-0.05, 0) is 23.3 Å². The summed E-state index contributed by atoms with van der Waals surface area (Å²) in [6.45, 7) is 0. The molecular weight excluding hydrogens is 218 g/mol. The van der Waals surface area contributed by atoms with Crippen molar-refractivity contribution in [2.24, 2.45) is 0 Å². The van der Waals surface area contributed by atoms with Gasteiger partial charge in [-0.3, -0.25) is 4.79 Å². The van der Waals surface area contributed by atoms with Gasteiger partial charge in [0.1, 0.15) is 0 Å². The maximum atomic E-state index is 11.6. The molecule has 0 fully saturated rings. The van der Waals surface area contributed by atoms with Gasteiger partial charge in [0.25, 0.3) is 0 Å². The molecule has 4 heteroatoms. The summed E-state index contributed by atoms with van der Waals surface area (Å²) >= 11 is 0. The summed E-state index contributed by atoms with van der Waals surface area (Å²) in [6.07, 6.45) is 3.42. The number of carbonyl (C=O) groups excluding carboxylic acids is 2. The molecule has 0 unspecified atom stereocenters. The van der Waals surface area contributed by atoms with Crippen molar-refractivity contribution in [2.45, 2.75) is 6.42 Å². The molecule has 0 aliphatic carbocycles. The first-order valence-electron chi connectivity index (χ1n) is 5.28. The number of rotatable bonds is 2. The zero-order chi connectivity index (χ0) is 12.4. The van der Waals surface area contributed by atoms with Crippen molar-refractivity contribution in [1.29, 1.82) is 0 Å². The molecule has 0 N–H and O–H groups in total. The summed E-state index contributed by atoms with van der Waals surface area (Å²) < 4.78 is 4.53. The number of methoxy groups -OCH3 is 1. The fraction of sp³-hybridized carbons (Fsp3) is 0.231. The number of fused-ring (bicyclic) bond motifs is 1. The van der Waals surface area contributed by atoms with Crippen molar-refractivity contribution in [1.82, 2.24) is 0 Å². The number of hydrogen-bond donors (Lipinski definition) is 0. The Hall–Kier alpha value is -2.10. The van der Waals surface area contributed by atoms with Crippen molar-refractivity contribution in [3.63, 3.8) is 0 Å². The number of carbonyl (C=O) groups is 2. The molecule has 2 rings (SSSR count). The first-order chi connectivity index (χ1) is 8.13. The van der Waals surface area contributed by atoms with Gasteiger partial charge in [-0.2, -0.15) is 0 Å². The number of nitrogens with zero attached hydrogens (tertiary/aromatic N) is 1. The number of hydrogen-bond acceptors (Lipinski definition) is 3. The Morgan fingerprint density at radius 2 is 2.24 bits per heavy atom. The van der Waals surface area contributed by atoms with Gasteiger partial charge in [-0.25, -0.2) is 4.79 Å². The van der Waals surface area contributed by atoms with Gasteiger partial charge in [0.15, 0.2) is 0 Å². The van der Waals surface area contributed by atoms with E-state index in [1.165, 1.54) is 13.2 Å². The van der Waals surface area contributed by atoms with Gasteiger partial charge in [0, 0.05) is 18.8 Å². The molecule has 1 aliphatic rings. The van der Waals surface area contributed by atoms with E-state index in [1.807, 2.05) is 18.2 Å². The molecule has 0 atom stereocenters. The summed E-state index contributed by atoms with van der Waals surface area (Å²) in [5, 5.41) is 0. The first kappa shape index (κ1) is 11.4. The normalized spacial score (nSPS) is 14.2. The van der Waals surface area contributed by atoms with Crippen LogP contribution >= 0.6 is 0 Å². The molecule has 1 aromatic carbocycles. The quantitative estimate of drug-likeness (QED) is 0.571. The number of anilines is 1. The van der Waals surface area contributed by atoms with Crippen LogP contribution in [-0.4, -0.2) is 26.0 Å². The summed E-state index contributed by atoms with van der Waals surface area (Å²) in [5.41, 5.74) is 2.74. The largest absolute Gasteiger partial charge is 0.466 e. The minimum atomic E-state index is -0.403. The lowest BCUT2D eigenvalue weighted by Gasteiger charge is -2.10. The average molecular weight is 231 g/mol. The summed E-state index contributed by atoms with van der Waals surface area (Å²) in [5.74, 6) is -0.334. The third-order valence-electron chi connectivity index (χ3n) is 2.85. The highest BCUT2D eigenvalue weighted by molar-refractivity contribution is 6.02. The molecule has 1 heterocycles. The third-order valence-corrected chi connectivity index (χ3v) is 2.85. The molecule has 1 aromatic rings. The molecule has 88 valence electrons. The third kappa shape index (κ3) is 2.06. The van der Waals surface area contributed by atoms with Crippen molar-refractivity contribution < 1.29 is 14.3 Å². The molecule has 0 saturated heterocycles. The highest BCUT2D eigenvalue weighted by Gasteiger charge is 2.25. The Labute approximate surface area is 99.5 Å². The highest BCUT2D eigenvalue weighted by Crippen LogP contribution is 2.30. The molecular formula is C13H13NO3. The Kier molecular flexibility index (Phi) is 2.95. The minimum Gasteiger partial charge on any atom is -0.466 e. The average Bonchev–Trinajstić information content (AvgIpc) is 2.63. The molecule has 1 aliphatic heterocycles. The van der Waals surface area contributed by atoms with Gasteiger partial charge in [0.2, 0.25) is 5.91 Å². The number of ether oxygens (including phenoxy) is 1. The fourth-order valence-corrected chi connectivity index (χ4v) is 1.89. The molecule has 1 amide bonds. The van der Waals surface area contributed by atoms with E-state index in [0.717, 1.165) is 16.8 Å². The maximum absolute atomic E-state index is 11.6. The topological polar surface area (TPSA) is 46.6 Å². The van der Waals surface area contributed by atoms with E-state index in [9.17, 15) is 9.59 Å². The smallest absolute Gasteiger partial charge is 0.330 e. The van der Waals surface area contributed by atoms with Crippen LogP contribution in [-0.2, 0) is 20.7 Å². The van der Waals surface area contributed by atoms with Crippen LogP contribution in [0.3, 0.4) is 0 Å². The van der Waals surface area contributed by atoms with Gasteiger partial charge in [-0.1, -0.05) is 12.1 Å². The monoisotopic (exact) mass is 231 g/mol. The van der Waals surface area contributed by atoms with E-state index in [2.05, 4.69) is 4.74 Å². The molecule has 0 bridgehead atoms. The molecule has 0 spiro atoms. The summed E-state index contributed by atoms with van der Waals surface area (Å²) in [7, 11) is 3.08. The predicted molar refractivity (Wildman–Crippen MR) is 64.6 cm³/mol. The van der Waals surface area contributed by atoms with Crippen molar-refractivity contribution in [3.8, 4) is 0 Å². The Morgan fingerprint density at radius 1 is 1.47 bits per heavy atom. The second-order valence-corrected chi connectivity index (χ2v) is 3.83. The van der Waals surface area contributed by atoms with E-state index in [1.54, 1.807) is 18.0 Å². The molecule has 0 saturated carbocycles. The standard InChI is InChI=1S/C13H13NO3/c1-14-11-5-3-4-9(6-7-13(16)17-2)10(11)8-12(14)15/h3-7H,8H2,1-2H3/b7-6+. The summed E-state index contributed by atoms with van der Waals surface area (Å²) in [4.78, 5) is 24.2. The Balaban J connectivity index is 2.36. The van der Waals surface area contributed by atoms with Crippen LogP contribution in [0, 0.1) is 0 Å². The predicted octanol–water partition coefficient (Wildman–Crippen LogP) is 1.39. The Bertz CT molecular complexity index is 505. The lowest BCUT2D eigenvalue weighted by atomic mass is 10.0.